The molecule has 0 bridgehead atoms. The van der Waals surface area contributed by atoms with Crippen LogP contribution >= 0.6 is 11.6 Å². The van der Waals surface area contributed by atoms with Gasteiger partial charge in [-0.15, -0.1) is 0 Å². The highest BCUT2D eigenvalue weighted by molar-refractivity contribution is 6.31. The summed E-state index contributed by atoms with van der Waals surface area (Å²) in [5.74, 6) is 0.662. The van der Waals surface area contributed by atoms with E-state index in [2.05, 4.69) is 0 Å². The summed E-state index contributed by atoms with van der Waals surface area (Å²) in [6.45, 7) is 0.522. The molecule has 0 fully saturated rings. The number of ether oxygens (including phenoxy) is 1. The van der Waals surface area contributed by atoms with Gasteiger partial charge in [0.2, 0.25) is 0 Å². The molecule has 1 heterocycles. The molecule has 0 aliphatic carbocycles. The molecular weight excluding hydrogens is 357 g/mol. The van der Waals surface area contributed by atoms with Gasteiger partial charge in [-0.05, 0) is 48.0 Å². The van der Waals surface area contributed by atoms with Crippen molar-refractivity contribution in [1.29, 1.82) is 0 Å². The third-order valence-electron chi connectivity index (χ3n) is 3.78. The van der Waals surface area contributed by atoms with Crippen molar-refractivity contribution < 1.29 is 18.3 Å². The summed E-state index contributed by atoms with van der Waals surface area (Å²) >= 11 is 6.13. The largest absolute Gasteiger partial charge is 0.486 e. The maximum absolute atomic E-state index is 12.9. The number of nitrogens with zero attached hydrogens (tertiary/aromatic N) is 1. The third-order valence-corrected chi connectivity index (χ3v) is 4.15. The van der Waals surface area contributed by atoms with Gasteiger partial charge in [0, 0.05) is 18.6 Å². The summed E-state index contributed by atoms with van der Waals surface area (Å²) in [4.78, 5) is 14.0. The Bertz CT molecular complexity index is 892. The van der Waals surface area contributed by atoms with E-state index < -0.39 is 0 Å². The molecule has 0 unspecified atom stereocenters. The van der Waals surface area contributed by atoms with Crippen LogP contribution < -0.4 is 4.74 Å². The van der Waals surface area contributed by atoms with Gasteiger partial charge in [-0.2, -0.15) is 0 Å². The van der Waals surface area contributed by atoms with Crippen molar-refractivity contribution in [3.05, 3.63) is 88.6 Å². The van der Waals surface area contributed by atoms with Gasteiger partial charge >= 0.3 is 0 Å². The second-order valence-electron chi connectivity index (χ2n) is 5.76. The minimum atomic E-state index is -0.329. The maximum Gasteiger partial charge on any atom is 0.289 e. The van der Waals surface area contributed by atoms with Crippen LogP contribution in [0.15, 0.2) is 65.1 Å². The quantitative estimate of drug-likeness (QED) is 0.615. The molecule has 0 spiro atoms. The van der Waals surface area contributed by atoms with Gasteiger partial charge in [0.25, 0.3) is 5.91 Å². The lowest BCUT2D eigenvalue weighted by molar-refractivity contribution is 0.0749. The van der Waals surface area contributed by atoms with Crippen LogP contribution in [-0.4, -0.2) is 17.9 Å². The predicted molar refractivity (Wildman–Crippen MR) is 96.7 cm³/mol. The first-order chi connectivity index (χ1) is 12.5. The minimum absolute atomic E-state index is 0.146. The Kier molecular flexibility index (Phi) is 5.58. The van der Waals surface area contributed by atoms with Crippen LogP contribution in [0, 0.1) is 5.82 Å². The number of carbonyl (C=O) groups is 1. The van der Waals surface area contributed by atoms with Crippen molar-refractivity contribution in [2.45, 2.75) is 13.2 Å². The van der Waals surface area contributed by atoms with Gasteiger partial charge in [-0.1, -0.05) is 29.8 Å². The molecule has 6 heteroatoms. The molecule has 134 valence electrons. The maximum atomic E-state index is 12.9. The molecule has 1 amide bonds. The number of carbonyl (C=O) groups excluding carboxylic acids is 1. The molecule has 2 aromatic carbocycles. The molecule has 0 N–H and O–H groups in total. The summed E-state index contributed by atoms with van der Waals surface area (Å²) in [5, 5.41) is 0.611. The smallest absolute Gasteiger partial charge is 0.289 e. The number of hydrogen-bond donors (Lipinski definition) is 0. The average Bonchev–Trinajstić information content (AvgIpc) is 3.11. The second-order valence-corrected chi connectivity index (χ2v) is 6.17. The molecule has 0 aliphatic heterocycles. The Morgan fingerprint density at radius 1 is 1.12 bits per heavy atom. The van der Waals surface area contributed by atoms with E-state index in [9.17, 15) is 9.18 Å². The van der Waals surface area contributed by atoms with E-state index in [4.69, 9.17) is 20.8 Å². The Morgan fingerprint density at radius 3 is 2.58 bits per heavy atom. The fraction of sp³-hybridized carbons (Fsp3) is 0.150. The summed E-state index contributed by atoms with van der Waals surface area (Å²) in [6, 6.07) is 16.3. The summed E-state index contributed by atoms with van der Waals surface area (Å²) in [7, 11) is 1.68. The van der Waals surface area contributed by atoms with Crippen molar-refractivity contribution in [3.63, 3.8) is 0 Å². The molecular formula is C20H17ClFNO3. The summed E-state index contributed by atoms with van der Waals surface area (Å²) < 4.78 is 23.9. The van der Waals surface area contributed by atoms with Crippen LogP contribution in [0.4, 0.5) is 4.39 Å². The monoisotopic (exact) mass is 373 g/mol. The zero-order chi connectivity index (χ0) is 18.5. The van der Waals surface area contributed by atoms with Crippen molar-refractivity contribution in [3.8, 4) is 5.75 Å². The Hall–Kier alpha value is -2.79. The first-order valence-corrected chi connectivity index (χ1v) is 8.36. The number of benzene rings is 2. The molecule has 0 saturated heterocycles. The van der Waals surface area contributed by atoms with Gasteiger partial charge in [-0.3, -0.25) is 4.79 Å². The van der Waals surface area contributed by atoms with Crippen LogP contribution in [0.3, 0.4) is 0 Å². The highest BCUT2D eigenvalue weighted by Crippen LogP contribution is 2.19. The van der Waals surface area contributed by atoms with Gasteiger partial charge < -0.3 is 14.1 Å². The Balaban J connectivity index is 1.60. The minimum Gasteiger partial charge on any atom is -0.486 e. The molecule has 3 rings (SSSR count). The number of amides is 1. The van der Waals surface area contributed by atoms with Gasteiger partial charge in [0.1, 0.15) is 23.9 Å². The Morgan fingerprint density at radius 2 is 1.85 bits per heavy atom. The first-order valence-electron chi connectivity index (χ1n) is 7.99. The number of furan rings is 1. The fourth-order valence-corrected chi connectivity index (χ4v) is 2.59. The van der Waals surface area contributed by atoms with E-state index in [1.54, 1.807) is 25.2 Å². The van der Waals surface area contributed by atoms with Crippen LogP contribution in [0.25, 0.3) is 0 Å². The Labute approximate surface area is 155 Å². The van der Waals surface area contributed by atoms with Gasteiger partial charge in [0.15, 0.2) is 5.76 Å². The van der Waals surface area contributed by atoms with Crippen molar-refractivity contribution in [2.75, 3.05) is 7.05 Å². The molecule has 0 saturated carbocycles. The van der Waals surface area contributed by atoms with E-state index in [1.807, 2.05) is 18.2 Å². The van der Waals surface area contributed by atoms with Crippen LogP contribution in [-0.2, 0) is 13.2 Å². The molecule has 4 nitrogen and oxygen atoms in total. The van der Waals surface area contributed by atoms with E-state index in [-0.39, 0.29) is 24.1 Å². The third kappa shape index (κ3) is 4.43. The van der Waals surface area contributed by atoms with Crippen LogP contribution in [0.2, 0.25) is 5.02 Å². The standard InChI is InChI=1S/C20H17ClFNO3/c1-23(12-14-4-2-3-5-18(14)21)20(24)19-11-10-17(26-19)13-25-16-8-6-15(22)7-9-16/h2-11H,12-13H2,1H3. The summed E-state index contributed by atoms with van der Waals surface area (Å²) in [5.41, 5.74) is 0.858. The van der Waals surface area contributed by atoms with E-state index in [0.29, 0.717) is 23.1 Å². The normalized spacial score (nSPS) is 10.6. The lowest BCUT2D eigenvalue weighted by Gasteiger charge is -2.16. The second kappa shape index (κ2) is 8.06. The summed E-state index contributed by atoms with van der Waals surface area (Å²) in [6.07, 6.45) is 0. The molecule has 0 aliphatic rings. The average molecular weight is 374 g/mol. The predicted octanol–water partition coefficient (Wildman–Crippen LogP) is 4.92. The zero-order valence-corrected chi connectivity index (χ0v) is 14.9. The number of rotatable bonds is 6. The van der Waals surface area contributed by atoms with E-state index >= 15 is 0 Å². The van der Waals surface area contributed by atoms with Gasteiger partial charge in [0.05, 0.1) is 0 Å². The molecule has 0 radical (unpaired) electrons. The van der Waals surface area contributed by atoms with Gasteiger partial charge in [-0.25, -0.2) is 4.39 Å². The van der Waals surface area contributed by atoms with Crippen LogP contribution in [0.1, 0.15) is 21.9 Å². The number of halogens is 2. The fourth-order valence-electron chi connectivity index (χ4n) is 2.40. The molecule has 0 atom stereocenters. The topological polar surface area (TPSA) is 42.7 Å². The molecule has 26 heavy (non-hydrogen) atoms. The highest BCUT2D eigenvalue weighted by Gasteiger charge is 2.17. The van der Waals surface area contributed by atoms with Crippen LogP contribution in [0.5, 0.6) is 5.75 Å². The lowest BCUT2D eigenvalue weighted by Crippen LogP contribution is -2.25. The highest BCUT2D eigenvalue weighted by atomic mass is 35.5. The van der Waals surface area contributed by atoms with Crippen molar-refractivity contribution in [1.82, 2.24) is 4.90 Å². The first kappa shape index (κ1) is 18.0. The zero-order valence-electron chi connectivity index (χ0n) is 14.1. The molecule has 1 aromatic heterocycles. The lowest BCUT2D eigenvalue weighted by atomic mass is 10.2. The van der Waals surface area contributed by atoms with E-state index in [0.717, 1.165) is 5.56 Å². The number of hydrogen-bond acceptors (Lipinski definition) is 3. The molecule has 3 aromatic rings. The van der Waals surface area contributed by atoms with E-state index in [1.165, 1.54) is 29.2 Å². The van der Waals surface area contributed by atoms with Crippen molar-refractivity contribution >= 4 is 17.5 Å². The SMILES string of the molecule is CN(Cc1ccccc1Cl)C(=O)c1ccc(COc2ccc(F)cc2)o1. The van der Waals surface area contributed by atoms with Crippen molar-refractivity contribution in [2.24, 2.45) is 0 Å².